The molecule has 0 atom stereocenters. The summed E-state index contributed by atoms with van der Waals surface area (Å²) in [5.74, 6) is 1.97. The second-order valence-corrected chi connectivity index (χ2v) is 4.81. The van der Waals surface area contributed by atoms with Gasteiger partial charge in [-0.3, -0.25) is 4.98 Å². The molecular formula is C17H17N3O3. The third-order valence-corrected chi connectivity index (χ3v) is 3.37. The Kier molecular flexibility index (Phi) is 4.42. The third-order valence-electron chi connectivity index (χ3n) is 3.37. The number of anilines is 1. The van der Waals surface area contributed by atoms with Crippen LogP contribution in [0.1, 0.15) is 5.56 Å². The van der Waals surface area contributed by atoms with Crippen LogP contribution in [0.4, 0.5) is 6.01 Å². The van der Waals surface area contributed by atoms with Crippen LogP contribution in [0, 0.1) is 0 Å². The Morgan fingerprint density at radius 3 is 2.57 bits per heavy atom. The van der Waals surface area contributed by atoms with E-state index in [1.807, 2.05) is 30.3 Å². The molecule has 2 heterocycles. The van der Waals surface area contributed by atoms with Crippen LogP contribution in [0.5, 0.6) is 11.5 Å². The standard InChI is InChI=1S/C17H17N3O3/c1-21-14-4-3-13(9-15(14)22-2)16-11-20-17(23-16)19-10-12-5-7-18-8-6-12/h3-9,11H,10H2,1-2H3,(H,19,20). The molecule has 0 saturated carbocycles. The summed E-state index contributed by atoms with van der Waals surface area (Å²) in [4.78, 5) is 8.23. The minimum absolute atomic E-state index is 0.464. The van der Waals surface area contributed by atoms with E-state index < -0.39 is 0 Å². The predicted octanol–water partition coefficient (Wildman–Crippen LogP) is 3.37. The lowest BCUT2D eigenvalue weighted by atomic mass is 10.1. The molecule has 0 spiro atoms. The van der Waals surface area contributed by atoms with Crippen LogP contribution in [0.15, 0.2) is 53.3 Å². The van der Waals surface area contributed by atoms with Gasteiger partial charge >= 0.3 is 0 Å². The second-order valence-electron chi connectivity index (χ2n) is 4.81. The average Bonchev–Trinajstić information content (AvgIpc) is 3.09. The highest BCUT2D eigenvalue weighted by molar-refractivity contribution is 5.62. The quantitative estimate of drug-likeness (QED) is 0.752. The summed E-state index contributed by atoms with van der Waals surface area (Å²) >= 11 is 0. The highest BCUT2D eigenvalue weighted by Gasteiger charge is 2.10. The molecule has 6 heteroatoms. The van der Waals surface area contributed by atoms with Gasteiger partial charge in [0.2, 0.25) is 0 Å². The van der Waals surface area contributed by atoms with E-state index in [0.717, 1.165) is 11.1 Å². The predicted molar refractivity (Wildman–Crippen MR) is 86.6 cm³/mol. The number of ether oxygens (including phenoxy) is 2. The number of oxazole rings is 1. The lowest BCUT2D eigenvalue weighted by molar-refractivity contribution is 0.355. The highest BCUT2D eigenvalue weighted by Crippen LogP contribution is 2.33. The van der Waals surface area contributed by atoms with Crippen LogP contribution >= 0.6 is 0 Å². The van der Waals surface area contributed by atoms with Crippen molar-refractivity contribution in [3.05, 3.63) is 54.5 Å². The number of hydrogen-bond acceptors (Lipinski definition) is 6. The van der Waals surface area contributed by atoms with Crippen molar-refractivity contribution < 1.29 is 13.9 Å². The Morgan fingerprint density at radius 1 is 1.04 bits per heavy atom. The summed E-state index contributed by atoms with van der Waals surface area (Å²) in [7, 11) is 3.21. The van der Waals surface area contributed by atoms with E-state index in [-0.39, 0.29) is 0 Å². The average molecular weight is 311 g/mol. The van der Waals surface area contributed by atoms with Gasteiger partial charge in [-0.15, -0.1) is 0 Å². The normalized spacial score (nSPS) is 10.3. The summed E-state index contributed by atoms with van der Waals surface area (Å²) in [5, 5.41) is 3.14. The Bertz CT molecular complexity index is 772. The third kappa shape index (κ3) is 3.42. The Morgan fingerprint density at radius 2 is 1.83 bits per heavy atom. The summed E-state index contributed by atoms with van der Waals surface area (Å²) in [6, 6.07) is 9.92. The van der Waals surface area contributed by atoms with Crippen LogP contribution in [-0.2, 0) is 6.54 Å². The van der Waals surface area contributed by atoms with Gasteiger partial charge in [0.25, 0.3) is 6.01 Å². The maximum absolute atomic E-state index is 5.73. The number of benzene rings is 1. The van der Waals surface area contributed by atoms with Gasteiger partial charge in [-0.1, -0.05) is 0 Å². The van der Waals surface area contributed by atoms with Crippen LogP contribution in [0.25, 0.3) is 11.3 Å². The first-order valence-corrected chi connectivity index (χ1v) is 7.11. The van der Waals surface area contributed by atoms with Crippen molar-refractivity contribution >= 4 is 6.01 Å². The van der Waals surface area contributed by atoms with Crippen molar-refractivity contribution in [2.45, 2.75) is 6.54 Å². The zero-order valence-corrected chi connectivity index (χ0v) is 12.9. The fourth-order valence-electron chi connectivity index (χ4n) is 2.16. The van der Waals surface area contributed by atoms with Gasteiger partial charge in [0, 0.05) is 24.5 Å². The highest BCUT2D eigenvalue weighted by atomic mass is 16.5. The number of nitrogens with zero attached hydrogens (tertiary/aromatic N) is 2. The molecule has 2 aromatic heterocycles. The molecule has 0 saturated heterocycles. The number of hydrogen-bond donors (Lipinski definition) is 1. The molecular weight excluding hydrogens is 294 g/mol. The maximum Gasteiger partial charge on any atom is 0.295 e. The molecule has 1 N–H and O–H groups in total. The van der Waals surface area contributed by atoms with Crippen LogP contribution < -0.4 is 14.8 Å². The van der Waals surface area contributed by atoms with Crippen molar-refractivity contribution in [3.8, 4) is 22.8 Å². The van der Waals surface area contributed by atoms with Crippen molar-refractivity contribution in [3.63, 3.8) is 0 Å². The molecule has 1 aromatic carbocycles. The van der Waals surface area contributed by atoms with E-state index in [0.29, 0.717) is 29.8 Å². The lowest BCUT2D eigenvalue weighted by Crippen LogP contribution is -1.99. The van der Waals surface area contributed by atoms with Crippen molar-refractivity contribution in [1.82, 2.24) is 9.97 Å². The minimum atomic E-state index is 0.464. The maximum atomic E-state index is 5.73. The van der Waals surface area contributed by atoms with Gasteiger partial charge in [0.1, 0.15) is 0 Å². The Balaban J connectivity index is 1.74. The summed E-state index contributed by atoms with van der Waals surface area (Å²) in [6.07, 6.45) is 5.18. The second kappa shape index (κ2) is 6.83. The molecule has 23 heavy (non-hydrogen) atoms. The van der Waals surface area contributed by atoms with Gasteiger partial charge in [-0.2, -0.15) is 0 Å². The molecule has 6 nitrogen and oxygen atoms in total. The van der Waals surface area contributed by atoms with Crippen molar-refractivity contribution in [2.24, 2.45) is 0 Å². The molecule has 0 fully saturated rings. The number of rotatable bonds is 6. The number of aromatic nitrogens is 2. The van der Waals surface area contributed by atoms with E-state index in [2.05, 4.69) is 15.3 Å². The smallest absolute Gasteiger partial charge is 0.295 e. The van der Waals surface area contributed by atoms with Crippen molar-refractivity contribution in [1.29, 1.82) is 0 Å². The number of methoxy groups -OCH3 is 2. The van der Waals surface area contributed by atoms with Gasteiger partial charge in [0.15, 0.2) is 17.3 Å². The van der Waals surface area contributed by atoms with Gasteiger partial charge in [0.05, 0.1) is 20.4 Å². The van der Waals surface area contributed by atoms with Gasteiger partial charge in [-0.05, 0) is 35.9 Å². The largest absolute Gasteiger partial charge is 0.493 e. The van der Waals surface area contributed by atoms with E-state index in [1.54, 1.807) is 32.8 Å². The Hall–Kier alpha value is -3.02. The summed E-state index contributed by atoms with van der Waals surface area (Å²) < 4.78 is 16.3. The Labute approximate surface area is 134 Å². The van der Waals surface area contributed by atoms with E-state index >= 15 is 0 Å². The molecule has 0 aliphatic rings. The SMILES string of the molecule is COc1ccc(-c2cnc(NCc3ccncc3)o2)cc1OC. The molecule has 118 valence electrons. The van der Waals surface area contributed by atoms with Crippen molar-refractivity contribution in [2.75, 3.05) is 19.5 Å². The fourth-order valence-corrected chi connectivity index (χ4v) is 2.16. The summed E-state index contributed by atoms with van der Waals surface area (Å²) in [5.41, 5.74) is 1.97. The minimum Gasteiger partial charge on any atom is -0.493 e. The molecule has 0 aliphatic carbocycles. The molecule has 0 amide bonds. The molecule has 3 aromatic rings. The van der Waals surface area contributed by atoms with Crippen LogP contribution in [0.3, 0.4) is 0 Å². The summed E-state index contributed by atoms with van der Waals surface area (Å²) in [6.45, 7) is 0.619. The molecule has 3 rings (SSSR count). The monoisotopic (exact) mass is 311 g/mol. The topological polar surface area (TPSA) is 69.4 Å². The lowest BCUT2D eigenvalue weighted by Gasteiger charge is -2.08. The molecule has 0 radical (unpaired) electrons. The first-order chi connectivity index (χ1) is 11.3. The van der Waals surface area contributed by atoms with E-state index in [9.17, 15) is 0 Å². The molecule has 0 unspecified atom stereocenters. The van der Waals surface area contributed by atoms with Gasteiger partial charge < -0.3 is 19.2 Å². The fraction of sp³-hybridized carbons (Fsp3) is 0.176. The zero-order chi connectivity index (χ0) is 16.1. The van der Waals surface area contributed by atoms with E-state index in [4.69, 9.17) is 13.9 Å². The molecule has 0 aliphatic heterocycles. The van der Waals surface area contributed by atoms with Crippen LogP contribution in [-0.4, -0.2) is 24.2 Å². The first kappa shape index (κ1) is 14.9. The number of nitrogens with one attached hydrogen (secondary N) is 1. The van der Waals surface area contributed by atoms with Gasteiger partial charge in [-0.25, -0.2) is 4.98 Å². The molecule has 0 bridgehead atoms. The van der Waals surface area contributed by atoms with Crippen LogP contribution in [0.2, 0.25) is 0 Å². The number of pyridine rings is 1. The zero-order valence-electron chi connectivity index (χ0n) is 12.9. The van der Waals surface area contributed by atoms with E-state index in [1.165, 1.54) is 0 Å². The first-order valence-electron chi connectivity index (χ1n) is 7.11.